The Hall–Kier alpha value is -4.04. The second-order valence-corrected chi connectivity index (χ2v) is 9.70. The molecule has 0 aromatic heterocycles. The van der Waals surface area contributed by atoms with Crippen molar-refractivity contribution in [3.05, 3.63) is 93.8 Å². The highest BCUT2D eigenvalue weighted by Gasteiger charge is 2.46. The number of ether oxygens (including phenoxy) is 3. The Bertz CT molecular complexity index is 1400. The van der Waals surface area contributed by atoms with Gasteiger partial charge in [0.1, 0.15) is 28.8 Å². The van der Waals surface area contributed by atoms with Crippen LogP contribution in [0.25, 0.3) is 5.76 Å². The van der Waals surface area contributed by atoms with E-state index in [1.165, 1.54) is 43.4 Å². The summed E-state index contributed by atoms with van der Waals surface area (Å²) in [5, 5.41) is 11.8. The van der Waals surface area contributed by atoms with E-state index < -0.39 is 23.5 Å². The second-order valence-electron chi connectivity index (χ2n) is 9.29. The van der Waals surface area contributed by atoms with Crippen LogP contribution in [0.1, 0.15) is 36.6 Å². The average Bonchev–Trinajstić information content (AvgIpc) is 3.17. The maximum atomic E-state index is 13.4. The van der Waals surface area contributed by atoms with Crippen molar-refractivity contribution < 1.29 is 33.3 Å². The summed E-state index contributed by atoms with van der Waals surface area (Å²) in [5.74, 6) is -1.29. The molecular weight excluding hydrogens is 525 g/mol. The van der Waals surface area contributed by atoms with Crippen LogP contribution in [0.2, 0.25) is 5.02 Å². The molecule has 204 valence electrons. The third-order valence-electron chi connectivity index (χ3n) is 6.39. The number of aliphatic hydroxyl groups excluding tert-OH is 1. The van der Waals surface area contributed by atoms with E-state index in [-0.39, 0.29) is 46.1 Å². The molecule has 39 heavy (non-hydrogen) atoms. The lowest BCUT2D eigenvalue weighted by Gasteiger charge is -2.26. The van der Waals surface area contributed by atoms with E-state index in [1.54, 1.807) is 36.4 Å². The van der Waals surface area contributed by atoms with Crippen LogP contribution in [0, 0.1) is 5.82 Å². The molecule has 1 aliphatic heterocycles. The molecule has 0 saturated carbocycles. The number of likely N-dealkylation sites (tertiary alicyclic amines) is 1. The van der Waals surface area contributed by atoms with Gasteiger partial charge in [-0.05, 0) is 61.7 Å². The van der Waals surface area contributed by atoms with Crippen LogP contribution in [0.4, 0.5) is 4.39 Å². The zero-order valence-electron chi connectivity index (χ0n) is 22.0. The molecule has 1 amide bonds. The lowest BCUT2D eigenvalue weighted by molar-refractivity contribution is -0.139. The van der Waals surface area contributed by atoms with E-state index in [4.69, 9.17) is 25.8 Å². The first-order chi connectivity index (χ1) is 18.6. The van der Waals surface area contributed by atoms with Gasteiger partial charge in [-0.15, -0.1) is 0 Å². The van der Waals surface area contributed by atoms with Gasteiger partial charge in [-0.3, -0.25) is 9.59 Å². The number of aliphatic hydroxyl groups is 1. The fourth-order valence-corrected chi connectivity index (χ4v) is 4.78. The van der Waals surface area contributed by atoms with Gasteiger partial charge in [-0.2, -0.15) is 0 Å². The quantitative estimate of drug-likeness (QED) is 0.200. The van der Waals surface area contributed by atoms with Crippen molar-refractivity contribution in [3.63, 3.8) is 0 Å². The van der Waals surface area contributed by atoms with Gasteiger partial charge >= 0.3 is 0 Å². The smallest absolute Gasteiger partial charge is 0.295 e. The molecule has 0 bridgehead atoms. The SMILES string of the molecule is COc1cc(/C(O)=C2\C(=O)C(=O)N(CCc3ccc(F)cc3)C2c2ccc(OC(C)C)cc2)c(OC)cc1Cl. The Kier molecular flexibility index (Phi) is 8.45. The van der Waals surface area contributed by atoms with Crippen molar-refractivity contribution in [2.24, 2.45) is 0 Å². The number of amides is 1. The number of Topliss-reactive ketones (excluding diaryl/α,β-unsaturated/α-hetero) is 1. The minimum absolute atomic E-state index is 0.0375. The van der Waals surface area contributed by atoms with Gasteiger partial charge in [0.25, 0.3) is 11.7 Å². The van der Waals surface area contributed by atoms with Crippen LogP contribution in [-0.2, 0) is 16.0 Å². The number of nitrogens with zero attached hydrogens (tertiary/aromatic N) is 1. The lowest BCUT2D eigenvalue weighted by atomic mass is 9.94. The molecule has 1 fully saturated rings. The van der Waals surface area contributed by atoms with Gasteiger partial charge in [0.05, 0.1) is 42.5 Å². The lowest BCUT2D eigenvalue weighted by Crippen LogP contribution is -2.31. The summed E-state index contributed by atoms with van der Waals surface area (Å²) in [6.45, 7) is 3.97. The number of halogens is 2. The van der Waals surface area contributed by atoms with Gasteiger partial charge in [0, 0.05) is 12.6 Å². The minimum Gasteiger partial charge on any atom is -0.507 e. The van der Waals surface area contributed by atoms with E-state index in [1.807, 2.05) is 13.8 Å². The van der Waals surface area contributed by atoms with Crippen LogP contribution in [0.3, 0.4) is 0 Å². The molecule has 0 spiro atoms. The van der Waals surface area contributed by atoms with E-state index in [2.05, 4.69) is 0 Å². The van der Waals surface area contributed by atoms with Crippen LogP contribution in [0.5, 0.6) is 17.2 Å². The number of ketones is 1. The highest BCUT2D eigenvalue weighted by Crippen LogP contribution is 2.43. The van der Waals surface area contributed by atoms with Crippen molar-refractivity contribution in [3.8, 4) is 17.2 Å². The van der Waals surface area contributed by atoms with Crippen molar-refractivity contribution in [1.29, 1.82) is 0 Å². The third kappa shape index (κ3) is 5.86. The number of rotatable bonds is 9. The number of hydrogen-bond acceptors (Lipinski definition) is 6. The van der Waals surface area contributed by atoms with Gasteiger partial charge in [-0.25, -0.2) is 4.39 Å². The van der Waals surface area contributed by atoms with Crippen LogP contribution < -0.4 is 14.2 Å². The topological polar surface area (TPSA) is 85.3 Å². The molecule has 1 aliphatic rings. The predicted octanol–water partition coefficient (Wildman–Crippen LogP) is 5.95. The molecule has 1 atom stereocenters. The van der Waals surface area contributed by atoms with E-state index in [0.717, 1.165) is 5.56 Å². The second kappa shape index (κ2) is 11.8. The van der Waals surface area contributed by atoms with Gasteiger partial charge in [0.2, 0.25) is 0 Å². The number of carbonyl (C=O) groups is 2. The Morgan fingerprint density at radius 3 is 2.23 bits per heavy atom. The molecule has 1 saturated heterocycles. The standard InChI is InChI=1S/C30H29ClFNO6/c1-17(2)39-21-11-7-19(8-12-21)27-26(28(34)22-15-25(38-4)23(31)16-24(22)37-3)29(35)30(36)33(27)14-13-18-5-9-20(32)10-6-18/h5-12,15-17,27,34H,13-14H2,1-4H3/b28-26+. The molecular formula is C30H29ClFNO6. The summed E-state index contributed by atoms with van der Waals surface area (Å²) in [6, 6.07) is 15.0. The fourth-order valence-electron chi connectivity index (χ4n) is 4.55. The number of hydrogen-bond donors (Lipinski definition) is 1. The van der Waals surface area contributed by atoms with Crippen LogP contribution in [0.15, 0.2) is 66.2 Å². The normalized spacial score (nSPS) is 16.6. The van der Waals surface area contributed by atoms with Crippen molar-refractivity contribution in [1.82, 2.24) is 4.90 Å². The molecule has 1 unspecified atom stereocenters. The number of benzene rings is 3. The Labute approximate surface area is 231 Å². The zero-order chi connectivity index (χ0) is 28.3. The van der Waals surface area contributed by atoms with E-state index in [9.17, 15) is 19.1 Å². The summed E-state index contributed by atoms with van der Waals surface area (Å²) >= 11 is 6.24. The molecule has 1 N–H and O–H groups in total. The maximum absolute atomic E-state index is 13.4. The summed E-state index contributed by atoms with van der Waals surface area (Å²) in [7, 11) is 2.83. The number of methoxy groups -OCH3 is 2. The first-order valence-electron chi connectivity index (χ1n) is 12.4. The van der Waals surface area contributed by atoms with E-state index in [0.29, 0.717) is 17.7 Å². The summed E-state index contributed by atoms with van der Waals surface area (Å²) in [5.41, 5.74) is 1.45. The Balaban J connectivity index is 1.83. The van der Waals surface area contributed by atoms with Crippen LogP contribution in [-0.4, -0.2) is 48.6 Å². The molecule has 3 aromatic rings. The first-order valence-corrected chi connectivity index (χ1v) is 12.7. The predicted molar refractivity (Wildman–Crippen MR) is 146 cm³/mol. The molecule has 1 heterocycles. The summed E-state index contributed by atoms with van der Waals surface area (Å²) < 4.78 is 29.8. The summed E-state index contributed by atoms with van der Waals surface area (Å²) in [6.07, 6.45) is 0.334. The summed E-state index contributed by atoms with van der Waals surface area (Å²) in [4.78, 5) is 28.2. The molecule has 7 nitrogen and oxygen atoms in total. The van der Waals surface area contributed by atoms with E-state index >= 15 is 0 Å². The molecule has 3 aromatic carbocycles. The highest BCUT2D eigenvalue weighted by molar-refractivity contribution is 6.46. The fraction of sp³-hybridized carbons (Fsp3) is 0.267. The molecule has 4 rings (SSSR count). The minimum atomic E-state index is -0.898. The Morgan fingerprint density at radius 1 is 1.00 bits per heavy atom. The van der Waals surface area contributed by atoms with Gasteiger partial charge < -0.3 is 24.2 Å². The number of carbonyl (C=O) groups excluding carboxylic acids is 2. The monoisotopic (exact) mass is 553 g/mol. The van der Waals surface area contributed by atoms with Crippen molar-refractivity contribution >= 4 is 29.1 Å². The Morgan fingerprint density at radius 2 is 1.64 bits per heavy atom. The van der Waals surface area contributed by atoms with Crippen molar-refractivity contribution in [2.75, 3.05) is 20.8 Å². The molecule has 0 radical (unpaired) electrons. The zero-order valence-corrected chi connectivity index (χ0v) is 22.8. The maximum Gasteiger partial charge on any atom is 0.295 e. The van der Waals surface area contributed by atoms with Gasteiger partial charge in [-0.1, -0.05) is 35.9 Å². The molecule has 0 aliphatic carbocycles. The first kappa shape index (κ1) is 28.0. The highest BCUT2D eigenvalue weighted by atomic mass is 35.5. The third-order valence-corrected chi connectivity index (χ3v) is 6.69. The van der Waals surface area contributed by atoms with Gasteiger partial charge in [0.15, 0.2) is 0 Å². The van der Waals surface area contributed by atoms with Crippen LogP contribution >= 0.6 is 11.6 Å². The average molecular weight is 554 g/mol. The van der Waals surface area contributed by atoms with Crippen molar-refractivity contribution in [2.45, 2.75) is 32.4 Å². The molecule has 9 heteroatoms. The largest absolute Gasteiger partial charge is 0.507 e.